The maximum atomic E-state index is 13.0. The van der Waals surface area contributed by atoms with Gasteiger partial charge in [-0.05, 0) is 48.2 Å². The molecule has 0 spiro atoms. The highest BCUT2D eigenvalue weighted by Crippen LogP contribution is 2.40. The Morgan fingerprint density at radius 3 is 2.48 bits per heavy atom. The van der Waals surface area contributed by atoms with Gasteiger partial charge in [0, 0.05) is 65.9 Å². The lowest BCUT2D eigenvalue weighted by Gasteiger charge is -2.43. The third kappa shape index (κ3) is 3.25. The van der Waals surface area contributed by atoms with Crippen molar-refractivity contribution >= 4 is 17.5 Å². The predicted octanol–water partition coefficient (Wildman–Crippen LogP) is 3.82. The first-order valence-electron chi connectivity index (χ1n) is 9.79. The fourth-order valence-corrected chi connectivity index (χ4v) is 4.86. The number of piperidine rings is 1. The maximum Gasteiger partial charge on any atom is 0.253 e. The Labute approximate surface area is 173 Å². The van der Waals surface area contributed by atoms with Crippen molar-refractivity contribution in [3.8, 4) is 11.1 Å². The number of carbonyl (C=O) groups is 1. The molecule has 1 amide bonds. The topological polar surface area (TPSA) is 55.2 Å². The van der Waals surface area contributed by atoms with Crippen molar-refractivity contribution in [2.45, 2.75) is 18.9 Å². The Morgan fingerprint density at radius 2 is 1.72 bits per heavy atom. The highest BCUT2D eigenvalue weighted by molar-refractivity contribution is 6.30. The van der Waals surface area contributed by atoms with E-state index in [-0.39, 0.29) is 23.3 Å². The van der Waals surface area contributed by atoms with Gasteiger partial charge in [-0.3, -0.25) is 14.6 Å². The number of amides is 1. The van der Waals surface area contributed by atoms with Crippen molar-refractivity contribution in [2.75, 3.05) is 13.1 Å². The third-order valence-corrected chi connectivity index (χ3v) is 6.21. The van der Waals surface area contributed by atoms with Crippen LogP contribution in [0.4, 0.5) is 0 Å². The normalized spacial score (nSPS) is 20.2. The monoisotopic (exact) mass is 405 g/mol. The van der Waals surface area contributed by atoms with Crippen LogP contribution in [0, 0.1) is 5.92 Å². The highest BCUT2D eigenvalue weighted by atomic mass is 35.5. The first kappa shape index (κ1) is 18.1. The highest BCUT2D eigenvalue weighted by Gasteiger charge is 2.38. The lowest BCUT2D eigenvalue weighted by atomic mass is 9.80. The molecule has 0 saturated carbocycles. The number of aromatic nitrogens is 2. The first-order valence-corrected chi connectivity index (χ1v) is 10.2. The van der Waals surface area contributed by atoms with E-state index in [1.54, 1.807) is 30.6 Å². The van der Waals surface area contributed by atoms with Crippen LogP contribution in [-0.4, -0.2) is 33.4 Å². The zero-order valence-corrected chi connectivity index (χ0v) is 16.5. The molecule has 0 N–H and O–H groups in total. The number of pyridine rings is 2. The lowest BCUT2D eigenvalue weighted by Crippen LogP contribution is -2.49. The minimum atomic E-state index is 0.0290. The molecule has 6 heteroatoms. The second-order valence-corrected chi connectivity index (χ2v) is 8.27. The summed E-state index contributed by atoms with van der Waals surface area (Å²) in [6.07, 6.45) is 4.28. The van der Waals surface area contributed by atoms with Crippen molar-refractivity contribution in [3.63, 3.8) is 0 Å². The van der Waals surface area contributed by atoms with Gasteiger partial charge in [0.25, 0.3) is 11.5 Å². The second-order valence-electron chi connectivity index (χ2n) is 7.83. The van der Waals surface area contributed by atoms with Crippen molar-refractivity contribution < 1.29 is 4.79 Å². The van der Waals surface area contributed by atoms with E-state index < -0.39 is 0 Å². The predicted molar refractivity (Wildman–Crippen MR) is 112 cm³/mol. The van der Waals surface area contributed by atoms with Crippen LogP contribution in [0.25, 0.3) is 11.1 Å². The van der Waals surface area contributed by atoms with Gasteiger partial charge in [-0.1, -0.05) is 23.7 Å². The Morgan fingerprint density at radius 1 is 0.966 bits per heavy atom. The number of rotatable bonds is 2. The molecule has 1 fully saturated rings. The lowest BCUT2D eigenvalue weighted by molar-refractivity contribution is 0.0595. The third-order valence-electron chi connectivity index (χ3n) is 5.96. The Bertz CT molecular complexity index is 1130. The van der Waals surface area contributed by atoms with Crippen LogP contribution in [-0.2, 0) is 6.54 Å². The number of hydrogen-bond donors (Lipinski definition) is 0. The van der Waals surface area contributed by atoms with Crippen LogP contribution in [0.15, 0.2) is 65.7 Å². The van der Waals surface area contributed by atoms with E-state index in [2.05, 4.69) is 4.98 Å². The molecule has 1 aromatic carbocycles. The summed E-state index contributed by atoms with van der Waals surface area (Å²) in [6.45, 7) is 1.93. The Balaban J connectivity index is 1.55. The van der Waals surface area contributed by atoms with Gasteiger partial charge in [0.2, 0.25) is 0 Å². The standard InChI is InChI=1S/C23H20ClN3O2/c24-19-3-1-16(2-4-19)20-5-6-21(28)27-13-15-11-18(22(20)27)14-26(12-15)23(29)17-7-9-25-10-8-17/h1-10,15,18H,11-14H2. The number of halogens is 1. The van der Waals surface area contributed by atoms with Gasteiger partial charge in [-0.2, -0.15) is 0 Å². The van der Waals surface area contributed by atoms with Gasteiger partial charge in [-0.25, -0.2) is 0 Å². The van der Waals surface area contributed by atoms with Gasteiger partial charge in [0.05, 0.1) is 0 Å². The van der Waals surface area contributed by atoms with E-state index in [4.69, 9.17) is 11.6 Å². The van der Waals surface area contributed by atoms with Crippen LogP contribution in [0.2, 0.25) is 5.02 Å². The summed E-state index contributed by atoms with van der Waals surface area (Å²) in [7, 11) is 0. The molecule has 2 bridgehead atoms. The molecule has 2 aliphatic heterocycles. The molecule has 0 aliphatic carbocycles. The van der Waals surface area contributed by atoms with E-state index in [1.165, 1.54) is 0 Å². The zero-order chi connectivity index (χ0) is 20.0. The van der Waals surface area contributed by atoms with Gasteiger partial charge in [0.1, 0.15) is 0 Å². The average Bonchev–Trinajstić information content (AvgIpc) is 2.75. The van der Waals surface area contributed by atoms with Crippen molar-refractivity contribution in [1.29, 1.82) is 0 Å². The zero-order valence-electron chi connectivity index (χ0n) is 15.8. The molecule has 5 nitrogen and oxygen atoms in total. The summed E-state index contributed by atoms with van der Waals surface area (Å²) in [6, 6.07) is 14.8. The smallest absolute Gasteiger partial charge is 0.253 e. The summed E-state index contributed by atoms with van der Waals surface area (Å²) in [5.41, 5.74) is 3.80. The molecule has 5 rings (SSSR count). The van der Waals surface area contributed by atoms with Crippen molar-refractivity contribution in [1.82, 2.24) is 14.5 Å². The molecule has 29 heavy (non-hydrogen) atoms. The van der Waals surface area contributed by atoms with Crippen LogP contribution in [0.5, 0.6) is 0 Å². The summed E-state index contributed by atoms with van der Waals surface area (Å²) < 4.78 is 1.91. The molecule has 3 aromatic rings. The van der Waals surface area contributed by atoms with E-state index in [0.717, 1.165) is 23.2 Å². The SMILES string of the molecule is O=C(c1ccncc1)N1CC2CC(C1)c1c(-c3ccc(Cl)cc3)ccc(=O)n1C2. The van der Waals surface area contributed by atoms with Crippen molar-refractivity contribution in [2.24, 2.45) is 5.92 Å². The number of likely N-dealkylation sites (tertiary alicyclic amines) is 1. The summed E-state index contributed by atoms with van der Waals surface area (Å²) in [4.78, 5) is 31.6. The average molecular weight is 406 g/mol. The molecule has 2 atom stereocenters. The molecule has 2 aromatic heterocycles. The molecular weight excluding hydrogens is 386 g/mol. The first-order chi connectivity index (χ1) is 14.1. The van der Waals surface area contributed by atoms with Crippen LogP contribution >= 0.6 is 11.6 Å². The minimum Gasteiger partial charge on any atom is -0.338 e. The molecule has 4 heterocycles. The Kier molecular flexibility index (Phi) is 4.47. The quantitative estimate of drug-likeness (QED) is 0.651. The fraction of sp³-hybridized carbons (Fsp3) is 0.261. The number of benzene rings is 1. The number of fused-ring (bicyclic) bond motifs is 4. The molecule has 2 aliphatic rings. The van der Waals surface area contributed by atoms with Gasteiger partial charge < -0.3 is 9.47 Å². The summed E-state index contributed by atoms with van der Waals surface area (Å²) >= 11 is 6.06. The van der Waals surface area contributed by atoms with E-state index >= 15 is 0 Å². The van der Waals surface area contributed by atoms with E-state index in [9.17, 15) is 9.59 Å². The number of nitrogens with zero attached hydrogens (tertiary/aromatic N) is 3. The van der Waals surface area contributed by atoms with Crippen LogP contribution < -0.4 is 5.56 Å². The fourth-order valence-electron chi connectivity index (χ4n) is 4.73. The van der Waals surface area contributed by atoms with Gasteiger partial charge in [-0.15, -0.1) is 0 Å². The molecular formula is C23H20ClN3O2. The molecule has 146 valence electrons. The Hall–Kier alpha value is -2.92. The van der Waals surface area contributed by atoms with Gasteiger partial charge in [0.15, 0.2) is 0 Å². The number of carbonyl (C=O) groups excluding carboxylic acids is 1. The van der Waals surface area contributed by atoms with E-state index in [0.29, 0.717) is 30.2 Å². The summed E-state index contributed by atoms with van der Waals surface area (Å²) in [5, 5.41) is 0.683. The van der Waals surface area contributed by atoms with Crippen molar-refractivity contribution in [3.05, 3.63) is 87.6 Å². The molecule has 2 unspecified atom stereocenters. The van der Waals surface area contributed by atoms with Gasteiger partial charge >= 0.3 is 0 Å². The minimum absolute atomic E-state index is 0.0290. The largest absolute Gasteiger partial charge is 0.338 e. The molecule has 0 radical (unpaired) electrons. The summed E-state index contributed by atoms with van der Waals surface area (Å²) in [5.74, 6) is 0.444. The van der Waals surface area contributed by atoms with Crippen LogP contribution in [0.3, 0.4) is 0 Å². The second kappa shape index (κ2) is 7.16. The maximum absolute atomic E-state index is 13.0. The number of hydrogen-bond acceptors (Lipinski definition) is 3. The van der Waals surface area contributed by atoms with Crippen LogP contribution in [0.1, 0.15) is 28.4 Å². The molecule has 1 saturated heterocycles. The van der Waals surface area contributed by atoms with E-state index in [1.807, 2.05) is 39.8 Å².